The molecule has 88 valence electrons. The summed E-state index contributed by atoms with van der Waals surface area (Å²) in [6.07, 6.45) is 2.18. The van der Waals surface area contributed by atoms with Crippen LogP contribution < -0.4 is 10.0 Å². The second kappa shape index (κ2) is 4.37. The second-order valence-corrected chi connectivity index (χ2v) is 6.43. The van der Waals surface area contributed by atoms with E-state index in [0.717, 1.165) is 13.1 Å². The first-order chi connectivity index (χ1) is 7.08. The third kappa shape index (κ3) is 2.69. The Labute approximate surface area is 90.3 Å². The van der Waals surface area contributed by atoms with Crippen molar-refractivity contribution in [3.05, 3.63) is 0 Å². The predicted octanol–water partition coefficient (Wildman–Crippen LogP) is -0.819. The van der Waals surface area contributed by atoms with E-state index in [1.807, 2.05) is 0 Å². The van der Waals surface area contributed by atoms with Gasteiger partial charge in [-0.05, 0) is 38.8 Å². The van der Waals surface area contributed by atoms with Crippen LogP contribution >= 0.6 is 0 Å². The van der Waals surface area contributed by atoms with Crippen LogP contribution in [-0.4, -0.2) is 44.0 Å². The molecule has 1 aliphatic carbocycles. The van der Waals surface area contributed by atoms with Crippen LogP contribution in [0.4, 0.5) is 0 Å². The molecule has 0 bridgehead atoms. The molecule has 1 heterocycles. The van der Waals surface area contributed by atoms with Crippen LogP contribution in [0.2, 0.25) is 0 Å². The van der Waals surface area contributed by atoms with Crippen molar-refractivity contribution < 1.29 is 13.5 Å². The smallest absolute Gasteiger partial charge is 0.214 e. The monoisotopic (exact) mass is 234 g/mol. The van der Waals surface area contributed by atoms with Crippen molar-refractivity contribution in [3.8, 4) is 0 Å². The minimum absolute atomic E-state index is 0.0418. The molecule has 1 aliphatic heterocycles. The lowest BCUT2D eigenvalue weighted by Gasteiger charge is -2.33. The summed E-state index contributed by atoms with van der Waals surface area (Å²) in [4.78, 5) is 0. The largest absolute Gasteiger partial charge is 0.393 e. The molecular formula is C9H18N2O3S. The SMILES string of the molecule is O=S(=O)(NC1CC(O)C1)C1CCNCC1. The molecule has 15 heavy (non-hydrogen) atoms. The van der Waals surface area contributed by atoms with Gasteiger partial charge < -0.3 is 10.4 Å². The minimum Gasteiger partial charge on any atom is -0.393 e. The Morgan fingerprint density at radius 2 is 1.80 bits per heavy atom. The van der Waals surface area contributed by atoms with Crippen LogP contribution in [0.1, 0.15) is 25.7 Å². The van der Waals surface area contributed by atoms with Crippen LogP contribution in [0.25, 0.3) is 0 Å². The zero-order valence-electron chi connectivity index (χ0n) is 8.65. The second-order valence-electron chi connectivity index (χ2n) is 4.43. The van der Waals surface area contributed by atoms with Crippen LogP contribution in [-0.2, 0) is 10.0 Å². The van der Waals surface area contributed by atoms with Gasteiger partial charge in [-0.2, -0.15) is 0 Å². The van der Waals surface area contributed by atoms with Gasteiger partial charge in [-0.3, -0.25) is 0 Å². The molecule has 0 radical (unpaired) electrons. The molecule has 2 rings (SSSR count). The van der Waals surface area contributed by atoms with Gasteiger partial charge in [0.2, 0.25) is 10.0 Å². The lowest BCUT2D eigenvalue weighted by Crippen LogP contribution is -2.51. The maximum absolute atomic E-state index is 11.9. The maximum atomic E-state index is 11.9. The van der Waals surface area contributed by atoms with Crippen molar-refractivity contribution in [1.82, 2.24) is 10.0 Å². The lowest BCUT2D eigenvalue weighted by molar-refractivity contribution is 0.0710. The highest BCUT2D eigenvalue weighted by Gasteiger charge is 2.34. The van der Waals surface area contributed by atoms with Gasteiger partial charge in [-0.15, -0.1) is 0 Å². The van der Waals surface area contributed by atoms with Gasteiger partial charge >= 0.3 is 0 Å². The van der Waals surface area contributed by atoms with E-state index in [1.54, 1.807) is 0 Å². The van der Waals surface area contributed by atoms with E-state index in [0.29, 0.717) is 25.7 Å². The van der Waals surface area contributed by atoms with E-state index in [-0.39, 0.29) is 17.4 Å². The first kappa shape index (κ1) is 11.3. The molecule has 0 aromatic rings. The fraction of sp³-hybridized carbons (Fsp3) is 1.00. The summed E-state index contributed by atoms with van der Waals surface area (Å²) in [6.45, 7) is 1.55. The van der Waals surface area contributed by atoms with Crippen LogP contribution in [0, 0.1) is 0 Å². The van der Waals surface area contributed by atoms with E-state index in [2.05, 4.69) is 10.0 Å². The average molecular weight is 234 g/mol. The van der Waals surface area contributed by atoms with Crippen LogP contribution in [0.15, 0.2) is 0 Å². The molecule has 1 saturated carbocycles. The highest BCUT2D eigenvalue weighted by molar-refractivity contribution is 7.90. The number of hydrogen-bond donors (Lipinski definition) is 3. The Balaban J connectivity index is 1.88. The number of rotatable bonds is 3. The minimum atomic E-state index is -3.17. The van der Waals surface area contributed by atoms with Gasteiger partial charge in [0.15, 0.2) is 0 Å². The molecule has 0 spiro atoms. The quantitative estimate of drug-likeness (QED) is 0.596. The molecule has 0 atom stereocenters. The van der Waals surface area contributed by atoms with E-state index in [9.17, 15) is 8.42 Å². The Bertz CT molecular complexity index is 305. The van der Waals surface area contributed by atoms with Crippen molar-refractivity contribution in [3.63, 3.8) is 0 Å². The number of aliphatic hydroxyl groups excluding tert-OH is 1. The predicted molar refractivity (Wildman–Crippen MR) is 57.0 cm³/mol. The molecule has 3 N–H and O–H groups in total. The van der Waals surface area contributed by atoms with Crippen molar-refractivity contribution in [2.75, 3.05) is 13.1 Å². The van der Waals surface area contributed by atoms with Gasteiger partial charge in [0, 0.05) is 6.04 Å². The Hall–Kier alpha value is -0.170. The van der Waals surface area contributed by atoms with Crippen molar-refractivity contribution in [1.29, 1.82) is 0 Å². The van der Waals surface area contributed by atoms with E-state index in [4.69, 9.17) is 5.11 Å². The van der Waals surface area contributed by atoms with E-state index in [1.165, 1.54) is 0 Å². The molecule has 2 aliphatic rings. The summed E-state index contributed by atoms with van der Waals surface area (Å²) in [6, 6.07) is -0.0418. The summed E-state index contributed by atoms with van der Waals surface area (Å²) < 4.78 is 26.4. The molecule has 1 saturated heterocycles. The molecule has 6 heteroatoms. The molecule has 0 amide bonds. The van der Waals surface area contributed by atoms with Gasteiger partial charge in [-0.1, -0.05) is 0 Å². The third-order valence-electron chi connectivity index (χ3n) is 3.17. The van der Waals surface area contributed by atoms with E-state index >= 15 is 0 Å². The summed E-state index contributed by atoms with van der Waals surface area (Å²) >= 11 is 0. The number of piperidine rings is 1. The maximum Gasteiger partial charge on any atom is 0.214 e. The molecular weight excluding hydrogens is 216 g/mol. The van der Waals surface area contributed by atoms with Crippen molar-refractivity contribution in [2.24, 2.45) is 0 Å². The van der Waals surface area contributed by atoms with Crippen LogP contribution in [0.3, 0.4) is 0 Å². The summed E-state index contributed by atoms with van der Waals surface area (Å²) in [7, 11) is -3.17. The molecule has 0 aromatic carbocycles. The van der Waals surface area contributed by atoms with E-state index < -0.39 is 10.0 Å². The van der Waals surface area contributed by atoms with Gasteiger partial charge in [0.1, 0.15) is 0 Å². The normalized spacial score (nSPS) is 33.7. The Morgan fingerprint density at radius 1 is 1.20 bits per heavy atom. The number of aliphatic hydroxyl groups is 1. The van der Waals surface area contributed by atoms with Crippen LogP contribution in [0.5, 0.6) is 0 Å². The van der Waals surface area contributed by atoms with Gasteiger partial charge in [-0.25, -0.2) is 13.1 Å². The number of nitrogens with one attached hydrogen (secondary N) is 2. The topological polar surface area (TPSA) is 78.4 Å². The zero-order valence-corrected chi connectivity index (χ0v) is 9.46. The van der Waals surface area contributed by atoms with Gasteiger partial charge in [0.25, 0.3) is 0 Å². The average Bonchev–Trinajstić information content (AvgIpc) is 2.17. The number of sulfonamides is 1. The third-order valence-corrected chi connectivity index (χ3v) is 5.18. The zero-order chi connectivity index (χ0) is 10.9. The summed E-state index contributed by atoms with van der Waals surface area (Å²) in [5, 5.41) is 12.0. The highest BCUT2D eigenvalue weighted by Crippen LogP contribution is 2.22. The molecule has 0 unspecified atom stereocenters. The Morgan fingerprint density at radius 3 is 2.33 bits per heavy atom. The molecule has 5 nitrogen and oxygen atoms in total. The fourth-order valence-electron chi connectivity index (χ4n) is 2.12. The summed E-state index contributed by atoms with van der Waals surface area (Å²) in [5.74, 6) is 0. The first-order valence-corrected chi connectivity index (χ1v) is 7.02. The fourth-order valence-corrected chi connectivity index (χ4v) is 3.82. The molecule has 2 fully saturated rings. The van der Waals surface area contributed by atoms with Crippen molar-refractivity contribution in [2.45, 2.75) is 43.1 Å². The van der Waals surface area contributed by atoms with Gasteiger partial charge in [0.05, 0.1) is 11.4 Å². The summed E-state index contributed by atoms with van der Waals surface area (Å²) in [5.41, 5.74) is 0. The standard InChI is InChI=1S/C9H18N2O3S/c12-8-5-7(6-8)11-15(13,14)9-1-3-10-4-2-9/h7-12H,1-6H2. The Kier molecular flexibility index (Phi) is 3.30. The lowest BCUT2D eigenvalue weighted by atomic mass is 9.91. The number of hydrogen-bond acceptors (Lipinski definition) is 4. The first-order valence-electron chi connectivity index (χ1n) is 5.48. The van der Waals surface area contributed by atoms with Crippen molar-refractivity contribution >= 4 is 10.0 Å². The highest BCUT2D eigenvalue weighted by atomic mass is 32.2. The molecule has 0 aromatic heterocycles.